The second kappa shape index (κ2) is 5.84. The van der Waals surface area contributed by atoms with Crippen LogP contribution in [0.1, 0.15) is 13.3 Å². The number of aromatic nitrogens is 1. The number of nitrogens with two attached hydrogens (primary N) is 1. The second-order valence-corrected chi connectivity index (χ2v) is 5.32. The lowest BCUT2D eigenvalue weighted by atomic mass is 10.3. The van der Waals surface area contributed by atoms with E-state index < -0.39 is 0 Å². The SMILES string of the molecule is CC(=O)N1CCCN(c2nc(N)c(Cl)cc2Cl)CC1. The average Bonchev–Trinajstić information content (AvgIpc) is 2.59. The van der Waals surface area contributed by atoms with Gasteiger partial charge in [-0.1, -0.05) is 23.2 Å². The highest BCUT2D eigenvalue weighted by molar-refractivity contribution is 6.37. The third-order valence-corrected chi connectivity index (χ3v) is 3.76. The summed E-state index contributed by atoms with van der Waals surface area (Å²) in [6.45, 7) is 4.48. The van der Waals surface area contributed by atoms with Gasteiger partial charge in [0.1, 0.15) is 11.6 Å². The molecule has 2 heterocycles. The molecule has 7 heteroatoms. The molecule has 0 aromatic carbocycles. The van der Waals surface area contributed by atoms with Crippen LogP contribution >= 0.6 is 23.2 Å². The maximum Gasteiger partial charge on any atom is 0.219 e. The summed E-state index contributed by atoms with van der Waals surface area (Å²) < 4.78 is 0. The molecule has 0 radical (unpaired) electrons. The van der Waals surface area contributed by atoms with Gasteiger partial charge in [-0.15, -0.1) is 0 Å². The molecule has 1 amide bonds. The summed E-state index contributed by atoms with van der Waals surface area (Å²) in [6, 6.07) is 1.61. The molecule has 5 nitrogen and oxygen atoms in total. The maximum atomic E-state index is 11.4. The van der Waals surface area contributed by atoms with Crippen LogP contribution in [0.5, 0.6) is 0 Å². The fourth-order valence-electron chi connectivity index (χ4n) is 2.14. The first-order chi connectivity index (χ1) is 8.99. The lowest BCUT2D eigenvalue weighted by molar-refractivity contribution is -0.128. The predicted octanol–water partition coefficient (Wildman–Crippen LogP) is 2.03. The van der Waals surface area contributed by atoms with E-state index in [0.717, 1.165) is 19.5 Å². The Balaban J connectivity index is 2.18. The molecule has 0 spiro atoms. The van der Waals surface area contributed by atoms with Crippen LogP contribution < -0.4 is 10.6 Å². The van der Waals surface area contributed by atoms with Gasteiger partial charge in [-0.3, -0.25) is 4.79 Å². The minimum absolute atomic E-state index is 0.0940. The van der Waals surface area contributed by atoms with E-state index >= 15 is 0 Å². The molecule has 2 N–H and O–H groups in total. The van der Waals surface area contributed by atoms with E-state index in [4.69, 9.17) is 28.9 Å². The van der Waals surface area contributed by atoms with E-state index in [1.807, 2.05) is 9.80 Å². The van der Waals surface area contributed by atoms with Crippen LogP contribution in [0.2, 0.25) is 10.0 Å². The van der Waals surface area contributed by atoms with Gasteiger partial charge in [-0.05, 0) is 12.5 Å². The Labute approximate surface area is 122 Å². The average molecular weight is 303 g/mol. The molecule has 0 aliphatic carbocycles. The molecule has 0 bridgehead atoms. The Bertz CT molecular complexity index is 495. The van der Waals surface area contributed by atoms with Gasteiger partial charge in [0.15, 0.2) is 0 Å². The van der Waals surface area contributed by atoms with Crippen molar-refractivity contribution in [1.82, 2.24) is 9.88 Å². The minimum Gasteiger partial charge on any atom is -0.382 e. The number of hydrogen-bond acceptors (Lipinski definition) is 4. The molecule has 19 heavy (non-hydrogen) atoms. The summed E-state index contributed by atoms with van der Waals surface area (Å²) in [6.07, 6.45) is 0.875. The fraction of sp³-hybridized carbons (Fsp3) is 0.500. The summed E-state index contributed by atoms with van der Waals surface area (Å²) in [5.41, 5.74) is 5.72. The Morgan fingerprint density at radius 2 is 2.00 bits per heavy atom. The largest absolute Gasteiger partial charge is 0.382 e. The Hall–Kier alpha value is -1.20. The fourth-order valence-corrected chi connectivity index (χ4v) is 2.61. The highest BCUT2D eigenvalue weighted by Gasteiger charge is 2.20. The monoisotopic (exact) mass is 302 g/mol. The molecule has 1 fully saturated rings. The summed E-state index contributed by atoms with van der Waals surface area (Å²) in [5, 5.41) is 0.837. The van der Waals surface area contributed by atoms with E-state index in [1.165, 1.54) is 0 Å². The van der Waals surface area contributed by atoms with Crippen molar-refractivity contribution >= 4 is 40.7 Å². The molecule has 0 atom stereocenters. The van der Waals surface area contributed by atoms with Crippen LogP contribution in [0.3, 0.4) is 0 Å². The standard InChI is InChI=1S/C12H16Cl2N4O/c1-8(19)17-3-2-4-18(6-5-17)12-10(14)7-9(13)11(15)16-12/h7H,2-6H2,1H3,(H2,15,16). The van der Waals surface area contributed by atoms with Crippen LogP contribution in [0.25, 0.3) is 0 Å². The number of anilines is 2. The molecule has 1 aromatic heterocycles. The number of pyridine rings is 1. The van der Waals surface area contributed by atoms with E-state index in [9.17, 15) is 4.79 Å². The van der Waals surface area contributed by atoms with Crippen molar-refractivity contribution in [2.45, 2.75) is 13.3 Å². The number of hydrogen-bond donors (Lipinski definition) is 1. The van der Waals surface area contributed by atoms with Crippen LogP contribution in [-0.4, -0.2) is 42.0 Å². The smallest absolute Gasteiger partial charge is 0.219 e. The Morgan fingerprint density at radius 3 is 2.68 bits per heavy atom. The van der Waals surface area contributed by atoms with Gasteiger partial charge in [0, 0.05) is 33.1 Å². The number of nitrogen functional groups attached to an aromatic ring is 1. The van der Waals surface area contributed by atoms with Crippen LogP contribution in [0.4, 0.5) is 11.6 Å². The molecular weight excluding hydrogens is 287 g/mol. The lowest BCUT2D eigenvalue weighted by Gasteiger charge is -2.23. The quantitative estimate of drug-likeness (QED) is 0.862. The Morgan fingerprint density at radius 1 is 1.26 bits per heavy atom. The van der Waals surface area contributed by atoms with Crippen molar-refractivity contribution in [2.24, 2.45) is 0 Å². The van der Waals surface area contributed by atoms with Crippen LogP contribution in [0, 0.1) is 0 Å². The van der Waals surface area contributed by atoms with Crippen LogP contribution in [-0.2, 0) is 4.79 Å². The first-order valence-electron chi connectivity index (χ1n) is 6.11. The number of carbonyl (C=O) groups is 1. The van der Waals surface area contributed by atoms with Gasteiger partial charge in [-0.2, -0.15) is 0 Å². The lowest BCUT2D eigenvalue weighted by Crippen LogP contribution is -2.34. The summed E-state index contributed by atoms with van der Waals surface area (Å²) in [4.78, 5) is 19.5. The molecule has 0 saturated carbocycles. The Kier molecular flexibility index (Phi) is 4.37. The molecular formula is C12H16Cl2N4O. The van der Waals surface area contributed by atoms with Crippen molar-refractivity contribution in [1.29, 1.82) is 0 Å². The van der Waals surface area contributed by atoms with Crippen LogP contribution in [0.15, 0.2) is 6.07 Å². The number of carbonyl (C=O) groups excluding carboxylic acids is 1. The highest BCUT2D eigenvalue weighted by Crippen LogP contribution is 2.30. The molecule has 1 aromatic rings. The number of rotatable bonds is 1. The van der Waals surface area contributed by atoms with Crippen molar-refractivity contribution in [3.05, 3.63) is 16.1 Å². The van der Waals surface area contributed by atoms with Crippen molar-refractivity contribution in [2.75, 3.05) is 36.8 Å². The summed E-state index contributed by atoms with van der Waals surface area (Å²) in [5.74, 6) is 0.999. The molecule has 104 valence electrons. The zero-order valence-electron chi connectivity index (χ0n) is 10.7. The first-order valence-corrected chi connectivity index (χ1v) is 6.86. The number of nitrogens with zero attached hydrogens (tertiary/aromatic N) is 3. The van der Waals surface area contributed by atoms with Gasteiger partial charge >= 0.3 is 0 Å². The van der Waals surface area contributed by atoms with Gasteiger partial charge in [0.2, 0.25) is 5.91 Å². The third kappa shape index (κ3) is 3.22. The van der Waals surface area contributed by atoms with Gasteiger partial charge in [-0.25, -0.2) is 4.98 Å². The molecule has 1 aliphatic heterocycles. The molecule has 0 unspecified atom stereocenters. The van der Waals surface area contributed by atoms with E-state index in [-0.39, 0.29) is 11.7 Å². The topological polar surface area (TPSA) is 62.5 Å². The third-order valence-electron chi connectivity index (χ3n) is 3.18. The summed E-state index contributed by atoms with van der Waals surface area (Å²) in [7, 11) is 0. The maximum absolute atomic E-state index is 11.4. The van der Waals surface area contributed by atoms with Gasteiger partial charge in [0.05, 0.1) is 10.0 Å². The van der Waals surface area contributed by atoms with E-state index in [2.05, 4.69) is 4.98 Å². The van der Waals surface area contributed by atoms with Crippen molar-refractivity contribution in [3.63, 3.8) is 0 Å². The van der Waals surface area contributed by atoms with Gasteiger partial charge < -0.3 is 15.5 Å². The van der Waals surface area contributed by atoms with Crippen molar-refractivity contribution < 1.29 is 4.79 Å². The van der Waals surface area contributed by atoms with Crippen molar-refractivity contribution in [3.8, 4) is 0 Å². The number of halogens is 2. The highest BCUT2D eigenvalue weighted by atomic mass is 35.5. The summed E-state index contributed by atoms with van der Waals surface area (Å²) >= 11 is 12.0. The first kappa shape index (κ1) is 14.2. The normalized spacial score (nSPS) is 16.4. The van der Waals surface area contributed by atoms with Gasteiger partial charge in [0.25, 0.3) is 0 Å². The molecule has 2 rings (SSSR count). The molecule has 1 saturated heterocycles. The minimum atomic E-state index is 0.0940. The van der Waals surface area contributed by atoms with E-state index in [1.54, 1.807) is 13.0 Å². The predicted molar refractivity (Wildman–Crippen MR) is 77.8 cm³/mol. The molecule has 1 aliphatic rings. The zero-order valence-corrected chi connectivity index (χ0v) is 12.2. The number of amides is 1. The van der Waals surface area contributed by atoms with E-state index in [0.29, 0.717) is 29.0 Å². The second-order valence-electron chi connectivity index (χ2n) is 4.51. The zero-order chi connectivity index (χ0) is 14.0.